The van der Waals surface area contributed by atoms with Crippen molar-refractivity contribution in [2.75, 3.05) is 14.1 Å². The Labute approximate surface area is 61.6 Å². The van der Waals surface area contributed by atoms with Gasteiger partial charge in [0.2, 0.25) is 0 Å². The minimum atomic E-state index is -0.590. The van der Waals surface area contributed by atoms with Gasteiger partial charge in [0.05, 0.1) is 12.1 Å². The third-order valence-corrected chi connectivity index (χ3v) is 1.43. The van der Waals surface area contributed by atoms with Crippen LogP contribution in [0.4, 0.5) is 0 Å². The van der Waals surface area contributed by atoms with E-state index in [0.717, 1.165) is 0 Å². The van der Waals surface area contributed by atoms with Crippen LogP contribution in [0.15, 0.2) is 0 Å². The highest BCUT2D eigenvalue weighted by Gasteiger charge is 2.21. The lowest BCUT2D eigenvalue weighted by Gasteiger charge is -2.23. The van der Waals surface area contributed by atoms with Crippen LogP contribution in [-0.2, 0) is 4.79 Å². The monoisotopic (exact) mass is 145 g/mol. The molecule has 0 aromatic rings. The molecule has 1 N–H and O–H groups in total. The SMILES string of the molecule is CC(=O)[C@H]([C@@H](C)O)N(C)C. The summed E-state index contributed by atoms with van der Waals surface area (Å²) in [5.74, 6) is 0.000000000000000666. The lowest BCUT2D eigenvalue weighted by atomic mass is 10.1. The lowest BCUT2D eigenvalue weighted by Crippen LogP contribution is -2.42. The van der Waals surface area contributed by atoms with Crippen molar-refractivity contribution in [1.29, 1.82) is 0 Å². The van der Waals surface area contributed by atoms with E-state index >= 15 is 0 Å². The Morgan fingerprint density at radius 1 is 1.50 bits per heavy atom. The van der Waals surface area contributed by atoms with Crippen LogP contribution >= 0.6 is 0 Å². The van der Waals surface area contributed by atoms with Gasteiger partial charge in [-0.3, -0.25) is 9.69 Å². The fraction of sp³-hybridized carbons (Fsp3) is 0.857. The van der Waals surface area contributed by atoms with Crippen LogP contribution in [-0.4, -0.2) is 42.0 Å². The van der Waals surface area contributed by atoms with Crippen LogP contribution in [0.25, 0.3) is 0 Å². The fourth-order valence-electron chi connectivity index (χ4n) is 1.13. The number of aliphatic hydroxyl groups excluding tert-OH is 1. The van der Waals surface area contributed by atoms with E-state index in [1.807, 2.05) is 0 Å². The highest BCUT2D eigenvalue weighted by molar-refractivity contribution is 5.81. The third-order valence-electron chi connectivity index (χ3n) is 1.43. The predicted molar refractivity (Wildman–Crippen MR) is 39.8 cm³/mol. The lowest BCUT2D eigenvalue weighted by molar-refractivity contribution is -0.124. The summed E-state index contributed by atoms with van der Waals surface area (Å²) in [6.45, 7) is 3.10. The average molecular weight is 145 g/mol. The topological polar surface area (TPSA) is 40.5 Å². The Hall–Kier alpha value is -0.410. The molecule has 0 aliphatic rings. The molecule has 10 heavy (non-hydrogen) atoms. The summed E-state index contributed by atoms with van der Waals surface area (Å²) >= 11 is 0. The highest BCUT2D eigenvalue weighted by atomic mass is 16.3. The van der Waals surface area contributed by atoms with Crippen molar-refractivity contribution in [2.24, 2.45) is 0 Å². The molecule has 0 aromatic heterocycles. The van der Waals surface area contributed by atoms with E-state index in [2.05, 4.69) is 0 Å². The van der Waals surface area contributed by atoms with Crippen LogP contribution in [0.3, 0.4) is 0 Å². The van der Waals surface area contributed by atoms with Gasteiger partial charge >= 0.3 is 0 Å². The zero-order valence-corrected chi connectivity index (χ0v) is 6.96. The van der Waals surface area contributed by atoms with Gasteiger partial charge in [-0.15, -0.1) is 0 Å². The Morgan fingerprint density at radius 3 is 1.90 bits per heavy atom. The molecule has 0 radical (unpaired) electrons. The van der Waals surface area contributed by atoms with Gasteiger partial charge in [0.15, 0.2) is 0 Å². The molecule has 0 spiro atoms. The molecule has 0 saturated heterocycles. The summed E-state index contributed by atoms with van der Waals surface area (Å²) in [6.07, 6.45) is -0.590. The van der Waals surface area contributed by atoms with E-state index in [4.69, 9.17) is 5.11 Å². The number of likely N-dealkylation sites (N-methyl/N-ethyl adjacent to an activating group) is 1. The normalized spacial score (nSPS) is 17.0. The fourth-order valence-corrected chi connectivity index (χ4v) is 1.13. The zero-order valence-electron chi connectivity index (χ0n) is 6.96. The van der Waals surface area contributed by atoms with Crippen molar-refractivity contribution < 1.29 is 9.90 Å². The van der Waals surface area contributed by atoms with Crippen LogP contribution in [0.2, 0.25) is 0 Å². The summed E-state index contributed by atoms with van der Waals surface area (Å²) < 4.78 is 0. The molecule has 0 heterocycles. The number of carbonyl (C=O) groups excluding carboxylic acids is 1. The summed E-state index contributed by atoms with van der Waals surface area (Å²) in [4.78, 5) is 12.5. The quantitative estimate of drug-likeness (QED) is 0.602. The number of ketones is 1. The number of Topliss-reactive ketones (excluding diaryl/α,β-unsaturated/α-hetero) is 1. The number of aliphatic hydroxyl groups is 1. The number of nitrogens with zero attached hydrogens (tertiary/aromatic N) is 1. The molecule has 3 heteroatoms. The van der Waals surface area contributed by atoms with E-state index in [-0.39, 0.29) is 11.8 Å². The molecule has 0 bridgehead atoms. The number of hydrogen-bond donors (Lipinski definition) is 1. The Kier molecular flexibility index (Phi) is 3.53. The molecule has 3 nitrogen and oxygen atoms in total. The van der Waals surface area contributed by atoms with Gasteiger partial charge in [-0.1, -0.05) is 0 Å². The van der Waals surface area contributed by atoms with E-state index < -0.39 is 6.10 Å². The second kappa shape index (κ2) is 3.68. The number of hydrogen-bond acceptors (Lipinski definition) is 3. The maximum Gasteiger partial charge on any atom is 0.149 e. The molecule has 0 saturated carbocycles. The van der Waals surface area contributed by atoms with E-state index in [0.29, 0.717) is 0 Å². The van der Waals surface area contributed by atoms with Crippen molar-refractivity contribution in [3.8, 4) is 0 Å². The second-order valence-electron chi connectivity index (χ2n) is 2.76. The Morgan fingerprint density at radius 2 is 1.90 bits per heavy atom. The van der Waals surface area contributed by atoms with Gasteiger partial charge in [-0.25, -0.2) is 0 Å². The molecule has 0 aliphatic heterocycles. The van der Waals surface area contributed by atoms with Crippen molar-refractivity contribution in [3.05, 3.63) is 0 Å². The minimum absolute atomic E-state index is 0.000000000000000666. The van der Waals surface area contributed by atoms with Crippen molar-refractivity contribution in [3.63, 3.8) is 0 Å². The van der Waals surface area contributed by atoms with E-state index in [1.54, 1.807) is 25.9 Å². The van der Waals surface area contributed by atoms with Gasteiger partial charge in [0.1, 0.15) is 5.78 Å². The molecule has 0 fully saturated rings. The molecule has 0 rings (SSSR count). The minimum Gasteiger partial charge on any atom is -0.391 e. The average Bonchev–Trinajstić information content (AvgIpc) is 1.59. The molecule has 0 aliphatic carbocycles. The highest BCUT2D eigenvalue weighted by Crippen LogP contribution is 2.00. The van der Waals surface area contributed by atoms with Crippen molar-refractivity contribution >= 4 is 5.78 Å². The first kappa shape index (κ1) is 9.59. The molecular formula is C7H15NO2. The van der Waals surface area contributed by atoms with Gasteiger partial charge in [0, 0.05) is 0 Å². The number of carbonyl (C=O) groups is 1. The van der Waals surface area contributed by atoms with E-state index in [9.17, 15) is 4.79 Å². The largest absolute Gasteiger partial charge is 0.391 e. The second-order valence-corrected chi connectivity index (χ2v) is 2.76. The van der Waals surface area contributed by atoms with Crippen LogP contribution in [0.5, 0.6) is 0 Å². The van der Waals surface area contributed by atoms with Gasteiger partial charge in [0.25, 0.3) is 0 Å². The number of rotatable bonds is 3. The summed E-state index contributed by atoms with van der Waals surface area (Å²) in [6, 6.07) is -0.361. The van der Waals surface area contributed by atoms with Gasteiger partial charge in [-0.2, -0.15) is 0 Å². The zero-order chi connectivity index (χ0) is 8.31. The molecule has 0 aromatic carbocycles. The molecule has 60 valence electrons. The Balaban J connectivity index is 4.12. The van der Waals surface area contributed by atoms with Gasteiger partial charge in [-0.05, 0) is 27.9 Å². The van der Waals surface area contributed by atoms with Crippen LogP contribution in [0.1, 0.15) is 13.8 Å². The van der Waals surface area contributed by atoms with Crippen molar-refractivity contribution in [2.45, 2.75) is 26.0 Å². The first-order valence-electron chi connectivity index (χ1n) is 3.31. The predicted octanol–water partition coefficient (Wildman–Crippen LogP) is -0.114. The van der Waals surface area contributed by atoms with E-state index in [1.165, 1.54) is 6.92 Å². The molecule has 0 amide bonds. The van der Waals surface area contributed by atoms with Gasteiger partial charge < -0.3 is 5.11 Å². The maximum absolute atomic E-state index is 10.8. The summed E-state index contributed by atoms with van der Waals surface area (Å²) in [7, 11) is 3.55. The summed E-state index contributed by atoms with van der Waals surface area (Å²) in [5, 5.41) is 9.09. The van der Waals surface area contributed by atoms with Crippen LogP contribution in [0, 0.1) is 0 Å². The van der Waals surface area contributed by atoms with Crippen molar-refractivity contribution in [1.82, 2.24) is 4.90 Å². The smallest absolute Gasteiger partial charge is 0.149 e. The first-order valence-corrected chi connectivity index (χ1v) is 3.31. The standard InChI is InChI=1S/C7H15NO2/c1-5(9)7(6(2)10)8(3)4/h5,7,9H,1-4H3/t5-,7+/m1/s1. The van der Waals surface area contributed by atoms with Crippen LogP contribution < -0.4 is 0 Å². The Bertz CT molecular complexity index is 113. The molecule has 2 atom stereocenters. The summed E-state index contributed by atoms with van der Waals surface area (Å²) in [5.41, 5.74) is 0. The molecular weight excluding hydrogens is 130 g/mol. The maximum atomic E-state index is 10.8. The molecule has 0 unspecified atom stereocenters. The first-order chi connectivity index (χ1) is 4.46. The third kappa shape index (κ3) is 2.45.